The van der Waals surface area contributed by atoms with E-state index < -0.39 is 0 Å². The Balaban J connectivity index is 2.04. The first-order valence-corrected chi connectivity index (χ1v) is 6.32. The van der Waals surface area contributed by atoms with Crippen molar-refractivity contribution in [2.45, 2.75) is 19.8 Å². The van der Waals surface area contributed by atoms with Crippen LogP contribution >= 0.6 is 11.6 Å². The van der Waals surface area contributed by atoms with Crippen molar-refractivity contribution in [3.63, 3.8) is 0 Å². The zero-order valence-corrected chi connectivity index (χ0v) is 10.7. The van der Waals surface area contributed by atoms with Crippen molar-refractivity contribution in [1.29, 1.82) is 0 Å². The Labute approximate surface area is 107 Å². The van der Waals surface area contributed by atoms with E-state index in [1.165, 1.54) is 0 Å². The van der Waals surface area contributed by atoms with Crippen LogP contribution in [0, 0.1) is 12.8 Å². The van der Waals surface area contributed by atoms with Gasteiger partial charge in [0.2, 0.25) is 5.91 Å². The van der Waals surface area contributed by atoms with Gasteiger partial charge in [-0.25, -0.2) is 0 Å². The fourth-order valence-corrected chi connectivity index (χ4v) is 2.21. The zero-order valence-electron chi connectivity index (χ0n) is 9.92. The summed E-state index contributed by atoms with van der Waals surface area (Å²) >= 11 is 6.05. The molecule has 0 bridgehead atoms. The Bertz CT molecular complexity index is 414. The van der Waals surface area contributed by atoms with Crippen molar-refractivity contribution < 1.29 is 4.79 Å². The summed E-state index contributed by atoms with van der Waals surface area (Å²) in [7, 11) is 0. The van der Waals surface area contributed by atoms with Crippen LogP contribution in [0.2, 0.25) is 5.02 Å². The second-order valence-electron chi connectivity index (χ2n) is 4.52. The Hall–Kier alpha value is -1.06. The molecular weight excluding hydrogens is 236 g/mol. The molecule has 92 valence electrons. The van der Waals surface area contributed by atoms with E-state index in [1.807, 2.05) is 25.1 Å². The summed E-state index contributed by atoms with van der Waals surface area (Å²) in [6, 6.07) is 5.64. The lowest BCUT2D eigenvalue weighted by Gasteiger charge is -2.22. The molecule has 0 aliphatic carbocycles. The number of halogens is 1. The van der Waals surface area contributed by atoms with Gasteiger partial charge in [-0.15, -0.1) is 0 Å². The number of rotatable bonds is 2. The third-order valence-electron chi connectivity index (χ3n) is 3.05. The van der Waals surface area contributed by atoms with Gasteiger partial charge in [0, 0.05) is 6.54 Å². The van der Waals surface area contributed by atoms with Gasteiger partial charge in [0.05, 0.1) is 16.6 Å². The Kier molecular flexibility index (Phi) is 4.02. The lowest BCUT2D eigenvalue weighted by atomic mass is 9.99. The highest BCUT2D eigenvalue weighted by Gasteiger charge is 2.21. The van der Waals surface area contributed by atoms with Crippen molar-refractivity contribution in [2.24, 2.45) is 5.92 Å². The lowest BCUT2D eigenvalue weighted by molar-refractivity contribution is -0.120. The molecule has 2 rings (SSSR count). The van der Waals surface area contributed by atoms with Crippen LogP contribution in [0.25, 0.3) is 0 Å². The minimum atomic E-state index is 0.0559. The number of carbonyl (C=O) groups is 1. The summed E-state index contributed by atoms with van der Waals surface area (Å²) in [6.07, 6.45) is 2.00. The molecule has 1 aliphatic heterocycles. The third-order valence-corrected chi connectivity index (χ3v) is 3.38. The normalized spacial score (nSPS) is 20.0. The highest BCUT2D eigenvalue weighted by molar-refractivity contribution is 6.33. The van der Waals surface area contributed by atoms with Gasteiger partial charge < -0.3 is 10.6 Å². The van der Waals surface area contributed by atoms with Crippen LogP contribution in [0.5, 0.6) is 0 Å². The second-order valence-corrected chi connectivity index (χ2v) is 4.92. The Morgan fingerprint density at radius 3 is 3.06 bits per heavy atom. The molecule has 0 radical (unpaired) electrons. The molecule has 1 fully saturated rings. The molecule has 1 heterocycles. The van der Waals surface area contributed by atoms with E-state index in [4.69, 9.17) is 11.6 Å². The Morgan fingerprint density at radius 2 is 2.35 bits per heavy atom. The predicted octanol–water partition coefficient (Wildman–Crippen LogP) is 2.59. The molecule has 1 atom stereocenters. The van der Waals surface area contributed by atoms with Crippen LogP contribution in [0.3, 0.4) is 0 Å². The SMILES string of the molecule is Cc1ccc(Cl)c(NC(=O)[C@@H]2CCCNC2)c1. The Morgan fingerprint density at radius 1 is 1.53 bits per heavy atom. The predicted molar refractivity (Wildman–Crippen MR) is 70.4 cm³/mol. The molecule has 1 aliphatic rings. The number of benzene rings is 1. The highest BCUT2D eigenvalue weighted by atomic mass is 35.5. The monoisotopic (exact) mass is 252 g/mol. The molecule has 1 aromatic carbocycles. The van der Waals surface area contributed by atoms with Crippen LogP contribution in [0.4, 0.5) is 5.69 Å². The molecule has 1 amide bonds. The first-order chi connectivity index (χ1) is 8.16. The summed E-state index contributed by atoms with van der Waals surface area (Å²) in [5.74, 6) is 0.116. The first kappa shape index (κ1) is 12.4. The smallest absolute Gasteiger partial charge is 0.228 e. The minimum absolute atomic E-state index is 0.0559. The van der Waals surface area contributed by atoms with Crippen molar-refractivity contribution >= 4 is 23.2 Å². The number of hydrogen-bond acceptors (Lipinski definition) is 2. The minimum Gasteiger partial charge on any atom is -0.324 e. The average molecular weight is 253 g/mol. The van der Waals surface area contributed by atoms with Gasteiger partial charge in [0.15, 0.2) is 0 Å². The summed E-state index contributed by atoms with van der Waals surface area (Å²) < 4.78 is 0. The summed E-state index contributed by atoms with van der Waals surface area (Å²) in [5.41, 5.74) is 1.80. The van der Waals surface area contributed by atoms with Crippen LogP contribution in [-0.2, 0) is 4.79 Å². The number of amides is 1. The number of nitrogens with one attached hydrogen (secondary N) is 2. The van der Waals surface area contributed by atoms with E-state index >= 15 is 0 Å². The van der Waals surface area contributed by atoms with Crippen LogP contribution < -0.4 is 10.6 Å². The van der Waals surface area contributed by atoms with E-state index in [0.717, 1.165) is 31.5 Å². The maximum atomic E-state index is 12.0. The zero-order chi connectivity index (χ0) is 12.3. The molecule has 0 spiro atoms. The highest BCUT2D eigenvalue weighted by Crippen LogP contribution is 2.24. The van der Waals surface area contributed by atoms with Gasteiger partial charge in [0.25, 0.3) is 0 Å². The van der Waals surface area contributed by atoms with Crippen molar-refractivity contribution in [2.75, 3.05) is 18.4 Å². The topological polar surface area (TPSA) is 41.1 Å². The molecule has 0 unspecified atom stereocenters. The molecule has 1 saturated heterocycles. The van der Waals surface area contributed by atoms with Crippen LogP contribution in [0.1, 0.15) is 18.4 Å². The average Bonchev–Trinajstić information content (AvgIpc) is 2.35. The van der Waals surface area contributed by atoms with Crippen molar-refractivity contribution in [1.82, 2.24) is 5.32 Å². The quantitative estimate of drug-likeness (QED) is 0.850. The first-order valence-electron chi connectivity index (χ1n) is 5.94. The van der Waals surface area contributed by atoms with E-state index in [0.29, 0.717) is 10.7 Å². The third kappa shape index (κ3) is 3.20. The van der Waals surface area contributed by atoms with Crippen LogP contribution in [0.15, 0.2) is 18.2 Å². The standard InChI is InChI=1S/C13H17ClN2O/c1-9-4-5-11(14)12(7-9)16-13(17)10-3-2-6-15-8-10/h4-5,7,10,15H,2-3,6,8H2,1H3,(H,16,17)/t10-/m1/s1. The lowest BCUT2D eigenvalue weighted by Crippen LogP contribution is -2.37. The fraction of sp³-hybridized carbons (Fsp3) is 0.462. The van der Waals surface area contributed by atoms with E-state index in [9.17, 15) is 4.79 Å². The fourth-order valence-electron chi connectivity index (χ4n) is 2.05. The van der Waals surface area contributed by atoms with Crippen LogP contribution in [-0.4, -0.2) is 19.0 Å². The maximum absolute atomic E-state index is 12.0. The van der Waals surface area contributed by atoms with Gasteiger partial charge in [-0.3, -0.25) is 4.79 Å². The molecule has 0 aromatic heterocycles. The van der Waals surface area contributed by atoms with Gasteiger partial charge in [-0.1, -0.05) is 17.7 Å². The molecule has 2 N–H and O–H groups in total. The number of aryl methyl sites for hydroxylation is 1. The number of anilines is 1. The molecule has 3 nitrogen and oxygen atoms in total. The molecule has 17 heavy (non-hydrogen) atoms. The van der Waals surface area contributed by atoms with E-state index in [-0.39, 0.29) is 11.8 Å². The second kappa shape index (κ2) is 5.52. The number of carbonyl (C=O) groups excluding carboxylic acids is 1. The van der Waals surface area contributed by atoms with Gasteiger partial charge >= 0.3 is 0 Å². The molecule has 4 heteroatoms. The van der Waals surface area contributed by atoms with Gasteiger partial charge in [-0.05, 0) is 44.0 Å². The summed E-state index contributed by atoms with van der Waals surface area (Å²) in [5, 5.41) is 6.73. The van der Waals surface area contributed by atoms with Gasteiger partial charge in [-0.2, -0.15) is 0 Å². The van der Waals surface area contributed by atoms with Crippen molar-refractivity contribution in [3.8, 4) is 0 Å². The molecule has 0 saturated carbocycles. The largest absolute Gasteiger partial charge is 0.324 e. The van der Waals surface area contributed by atoms with E-state index in [2.05, 4.69) is 10.6 Å². The summed E-state index contributed by atoms with van der Waals surface area (Å²) in [6.45, 7) is 3.75. The summed E-state index contributed by atoms with van der Waals surface area (Å²) in [4.78, 5) is 12.0. The number of hydrogen-bond donors (Lipinski definition) is 2. The molecule has 1 aromatic rings. The molecular formula is C13H17ClN2O. The number of piperidine rings is 1. The van der Waals surface area contributed by atoms with E-state index in [1.54, 1.807) is 0 Å². The van der Waals surface area contributed by atoms with Gasteiger partial charge in [0.1, 0.15) is 0 Å². The maximum Gasteiger partial charge on any atom is 0.228 e. The van der Waals surface area contributed by atoms with Crippen molar-refractivity contribution in [3.05, 3.63) is 28.8 Å².